The number of benzene rings is 1. The lowest BCUT2D eigenvalue weighted by molar-refractivity contribution is 0.198. The molecular formula is C13H19FOS. The molecule has 0 saturated heterocycles. The number of hydrogen-bond donors (Lipinski definition) is 1. The van der Waals surface area contributed by atoms with Crippen LogP contribution < -0.4 is 0 Å². The van der Waals surface area contributed by atoms with E-state index in [9.17, 15) is 9.50 Å². The van der Waals surface area contributed by atoms with E-state index in [1.807, 2.05) is 0 Å². The van der Waals surface area contributed by atoms with Crippen LogP contribution >= 0.6 is 11.8 Å². The Hall–Kier alpha value is -0.540. The van der Waals surface area contributed by atoms with Crippen molar-refractivity contribution in [3.8, 4) is 0 Å². The lowest BCUT2D eigenvalue weighted by Crippen LogP contribution is -2.16. The molecule has 90 valence electrons. The zero-order valence-electron chi connectivity index (χ0n) is 9.82. The van der Waals surface area contributed by atoms with Crippen molar-refractivity contribution in [1.82, 2.24) is 0 Å². The zero-order chi connectivity index (χ0) is 12.0. The van der Waals surface area contributed by atoms with E-state index >= 15 is 0 Å². The normalized spacial score (nSPS) is 14.8. The molecule has 3 heteroatoms. The molecule has 0 radical (unpaired) electrons. The summed E-state index contributed by atoms with van der Waals surface area (Å²) >= 11 is 1.74. The smallest absolute Gasteiger partial charge is 0.126 e. The fraction of sp³-hybridized carbons (Fsp3) is 0.538. The maximum absolute atomic E-state index is 13.3. The minimum Gasteiger partial charge on any atom is -0.392 e. The molecule has 0 aliphatic heterocycles. The maximum atomic E-state index is 13.3. The van der Waals surface area contributed by atoms with Crippen molar-refractivity contribution in [1.29, 1.82) is 0 Å². The molecule has 2 atom stereocenters. The summed E-state index contributed by atoms with van der Waals surface area (Å²) < 4.78 is 13.3. The molecule has 2 unspecified atom stereocenters. The minimum absolute atomic E-state index is 0.227. The van der Waals surface area contributed by atoms with E-state index in [4.69, 9.17) is 0 Å². The minimum atomic E-state index is -0.462. The molecule has 0 aromatic heterocycles. The monoisotopic (exact) mass is 242 g/mol. The Morgan fingerprint density at radius 3 is 2.69 bits per heavy atom. The van der Waals surface area contributed by atoms with Crippen LogP contribution in [0.4, 0.5) is 4.39 Å². The molecule has 16 heavy (non-hydrogen) atoms. The van der Waals surface area contributed by atoms with Crippen molar-refractivity contribution in [3.05, 3.63) is 35.6 Å². The van der Waals surface area contributed by atoms with E-state index in [1.165, 1.54) is 6.07 Å². The number of rotatable bonds is 6. The third-order valence-electron chi connectivity index (χ3n) is 2.56. The first-order chi connectivity index (χ1) is 7.63. The van der Waals surface area contributed by atoms with Gasteiger partial charge in [-0.25, -0.2) is 4.39 Å². The fourth-order valence-corrected chi connectivity index (χ4v) is 2.27. The Bertz CT molecular complexity index is 317. The highest BCUT2D eigenvalue weighted by atomic mass is 32.2. The van der Waals surface area contributed by atoms with E-state index < -0.39 is 6.10 Å². The van der Waals surface area contributed by atoms with E-state index in [2.05, 4.69) is 13.8 Å². The first kappa shape index (κ1) is 13.5. The Morgan fingerprint density at radius 2 is 2.06 bits per heavy atom. The molecule has 0 aliphatic rings. The van der Waals surface area contributed by atoms with Crippen LogP contribution in [0.3, 0.4) is 0 Å². The van der Waals surface area contributed by atoms with Crippen LogP contribution in [-0.2, 0) is 6.42 Å². The summed E-state index contributed by atoms with van der Waals surface area (Å²) in [6.45, 7) is 4.27. The molecule has 1 aromatic rings. The highest BCUT2D eigenvalue weighted by molar-refractivity contribution is 7.99. The first-order valence-corrected chi connectivity index (χ1v) is 6.71. The van der Waals surface area contributed by atoms with Crippen LogP contribution in [0.2, 0.25) is 0 Å². The van der Waals surface area contributed by atoms with Gasteiger partial charge in [-0.15, -0.1) is 0 Å². The van der Waals surface area contributed by atoms with Crippen molar-refractivity contribution >= 4 is 11.8 Å². The molecule has 1 rings (SSSR count). The summed E-state index contributed by atoms with van der Waals surface area (Å²) in [7, 11) is 0. The van der Waals surface area contributed by atoms with Crippen LogP contribution in [0.5, 0.6) is 0 Å². The lowest BCUT2D eigenvalue weighted by atomic mass is 10.1. The van der Waals surface area contributed by atoms with Crippen LogP contribution in [-0.4, -0.2) is 22.2 Å². The summed E-state index contributed by atoms with van der Waals surface area (Å²) in [5.41, 5.74) is 0.597. The summed E-state index contributed by atoms with van der Waals surface area (Å²) in [6.07, 6.45) is 1.03. The second-order valence-corrected chi connectivity index (χ2v) is 5.47. The number of halogens is 1. The van der Waals surface area contributed by atoms with Crippen LogP contribution in [0.15, 0.2) is 24.3 Å². The van der Waals surface area contributed by atoms with Gasteiger partial charge in [0.2, 0.25) is 0 Å². The number of hydrogen-bond acceptors (Lipinski definition) is 2. The van der Waals surface area contributed by atoms with Crippen LogP contribution in [0.25, 0.3) is 0 Å². The summed E-state index contributed by atoms with van der Waals surface area (Å²) in [4.78, 5) is 0. The van der Waals surface area contributed by atoms with Gasteiger partial charge >= 0.3 is 0 Å². The fourth-order valence-electron chi connectivity index (χ4n) is 1.37. The van der Waals surface area contributed by atoms with Gasteiger partial charge in [0.1, 0.15) is 5.82 Å². The van der Waals surface area contributed by atoms with Gasteiger partial charge in [0, 0.05) is 17.4 Å². The molecular weight excluding hydrogens is 223 g/mol. The highest BCUT2D eigenvalue weighted by Gasteiger charge is 2.10. The van der Waals surface area contributed by atoms with Crippen molar-refractivity contribution in [3.63, 3.8) is 0 Å². The van der Waals surface area contributed by atoms with Gasteiger partial charge in [0.25, 0.3) is 0 Å². The van der Waals surface area contributed by atoms with Gasteiger partial charge in [-0.05, 0) is 18.1 Å². The van der Waals surface area contributed by atoms with Gasteiger partial charge in [-0.1, -0.05) is 32.0 Å². The average molecular weight is 242 g/mol. The highest BCUT2D eigenvalue weighted by Crippen LogP contribution is 2.17. The molecule has 0 spiro atoms. The second kappa shape index (κ2) is 6.92. The SMILES string of the molecule is CCC(C)SCC(O)Cc1ccccc1F. The number of aliphatic hydroxyl groups is 1. The van der Waals surface area contributed by atoms with E-state index in [1.54, 1.807) is 30.0 Å². The first-order valence-electron chi connectivity index (χ1n) is 5.66. The van der Waals surface area contributed by atoms with Crippen molar-refractivity contribution in [2.24, 2.45) is 0 Å². The Kier molecular flexibility index (Phi) is 5.85. The molecule has 0 saturated carbocycles. The van der Waals surface area contributed by atoms with Crippen LogP contribution in [0, 0.1) is 5.82 Å². The maximum Gasteiger partial charge on any atom is 0.126 e. The van der Waals surface area contributed by atoms with Crippen LogP contribution in [0.1, 0.15) is 25.8 Å². The summed E-state index contributed by atoms with van der Waals surface area (Å²) in [5, 5.41) is 10.3. The Labute approximate surface area is 101 Å². The second-order valence-electron chi connectivity index (χ2n) is 4.00. The van der Waals surface area contributed by atoms with Crippen molar-refractivity contribution in [2.45, 2.75) is 38.0 Å². The quantitative estimate of drug-likeness (QED) is 0.826. The van der Waals surface area contributed by atoms with Crippen molar-refractivity contribution < 1.29 is 9.50 Å². The number of aliphatic hydroxyl groups excluding tert-OH is 1. The topological polar surface area (TPSA) is 20.2 Å². The summed E-state index contributed by atoms with van der Waals surface area (Å²) in [6, 6.07) is 6.63. The molecule has 0 amide bonds. The van der Waals surface area contributed by atoms with Crippen molar-refractivity contribution in [2.75, 3.05) is 5.75 Å². The predicted molar refractivity (Wildman–Crippen MR) is 68.3 cm³/mol. The Balaban J connectivity index is 2.40. The standard InChI is InChI=1S/C13H19FOS/c1-3-10(2)16-9-12(15)8-11-6-4-5-7-13(11)14/h4-7,10,12,15H,3,8-9H2,1-2H3. The molecule has 0 aliphatic carbocycles. The molecule has 1 N–H and O–H groups in total. The third-order valence-corrected chi connectivity index (χ3v) is 4.04. The van der Waals surface area contributed by atoms with E-state index in [-0.39, 0.29) is 5.82 Å². The zero-order valence-corrected chi connectivity index (χ0v) is 10.6. The van der Waals surface area contributed by atoms with Gasteiger partial charge in [0.15, 0.2) is 0 Å². The number of thioether (sulfide) groups is 1. The molecule has 0 heterocycles. The molecule has 0 fully saturated rings. The van der Waals surface area contributed by atoms with Gasteiger partial charge in [-0.2, -0.15) is 11.8 Å². The third kappa shape index (κ3) is 4.54. The average Bonchev–Trinajstić information content (AvgIpc) is 2.29. The van der Waals surface area contributed by atoms with E-state index in [0.717, 1.165) is 6.42 Å². The molecule has 0 bridgehead atoms. The Morgan fingerprint density at radius 1 is 1.38 bits per heavy atom. The predicted octanol–water partition coefficient (Wildman–Crippen LogP) is 3.26. The van der Waals surface area contributed by atoms with E-state index in [0.29, 0.717) is 23.0 Å². The van der Waals surface area contributed by atoms with Gasteiger partial charge in [0.05, 0.1) is 6.10 Å². The lowest BCUT2D eigenvalue weighted by Gasteiger charge is -2.13. The van der Waals surface area contributed by atoms with Gasteiger partial charge in [-0.3, -0.25) is 0 Å². The summed E-state index contributed by atoms with van der Waals surface area (Å²) in [5.74, 6) is 0.443. The largest absolute Gasteiger partial charge is 0.392 e. The molecule has 1 nitrogen and oxygen atoms in total. The molecule has 1 aromatic carbocycles. The van der Waals surface area contributed by atoms with Gasteiger partial charge < -0.3 is 5.11 Å².